The Labute approximate surface area is 97.7 Å². The molecule has 1 heterocycles. The third-order valence-electron chi connectivity index (χ3n) is 3.59. The molecule has 4 nitrogen and oxygen atoms in total. The van der Waals surface area contributed by atoms with Crippen molar-refractivity contribution >= 4 is 21.4 Å². The fraction of sp³-hybridized carbons (Fsp3) is 0.364. The predicted molar refractivity (Wildman–Crippen MR) is 58.8 cm³/mol. The number of hydrogen-bond acceptors (Lipinski definition) is 3. The highest BCUT2D eigenvalue weighted by atomic mass is 32.2. The van der Waals surface area contributed by atoms with E-state index in [1.165, 1.54) is 12.1 Å². The highest BCUT2D eigenvalue weighted by Crippen LogP contribution is 2.48. The molecule has 1 aliphatic heterocycles. The van der Waals surface area contributed by atoms with E-state index in [0.29, 0.717) is 19.3 Å². The van der Waals surface area contributed by atoms with Crippen molar-refractivity contribution in [1.29, 1.82) is 0 Å². The minimum atomic E-state index is -3.77. The molecule has 1 saturated carbocycles. The number of fused-ring (bicyclic) bond motifs is 1. The summed E-state index contributed by atoms with van der Waals surface area (Å²) in [5.41, 5.74) is -0.213. The van der Waals surface area contributed by atoms with E-state index in [2.05, 4.69) is 5.32 Å². The number of para-hydroxylation sites is 1. The van der Waals surface area contributed by atoms with Crippen LogP contribution in [0.4, 0.5) is 10.1 Å². The van der Waals surface area contributed by atoms with Gasteiger partial charge >= 0.3 is 0 Å². The van der Waals surface area contributed by atoms with Gasteiger partial charge in [-0.2, -0.15) is 0 Å². The Kier molecular flexibility index (Phi) is 1.93. The lowest BCUT2D eigenvalue weighted by Gasteiger charge is -2.42. The number of sulfone groups is 1. The van der Waals surface area contributed by atoms with Crippen LogP contribution in [0.25, 0.3) is 0 Å². The van der Waals surface area contributed by atoms with Crippen molar-refractivity contribution in [3.05, 3.63) is 24.0 Å². The maximum Gasteiger partial charge on any atom is 0.246 e. The van der Waals surface area contributed by atoms with E-state index in [4.69, 9.17) is 0 Å². The number of rotatable bonds is 0. The van der Waals surface area contributed by atoms with Crippen molar-refractivity contribution in [3.63, 3.8) is 0 Å². The predicted octanol–water partition coefficient (Wildman–Crippen LogP) is 1.47. The SMILES string of the molecule is O=C1Nc2c(F)cccc2S(=O)(=O)C12CCC2. The second kappa shape index (κ2) is 3.07. The molecule has 1 aromatic rings. The third kappa shape index (κ3) is 1.11. The number of carbonyl (C=O) groups is 1. The molecule has 1 spiro atoms. The summed E-state index contributed by atoms with van der Waals surface area (Å²) in [4.78, 5) is 11.8. The molecule has 1 aliphatic carbocycles. The zero-order valence-corrected chi connectivity index (χ0v) is 9.68. The summed E-state index contributed by atoms with van der Waals surface area (Å²) in [7, 11) is -3.77. The molecule has 6 heteroatoms. The topological polar surface area (TPSA) is 63.2 Å². The van der Waals surface area contributed by atoms with Gasteiger partial charge in [-0.25, -0.2) is 12.8 Å². The Balaban J connectivity index is 2.31. The van der Waals surface area contributed by atoms with E-state index < -0.39 is 26.3 Å². The molecule has 1 aromatic carbocycles. The molecule has 0 atom stereocenters. The van der Waals surface area contributed by atoms with Gasteiger partial charge in [-0.05, 0) is 31.4 Å². The van der Waals surface area contributed by atoms with Gasteiger partial charge in [0.1, 0.15) is 5.82 Å². The van der Waals surface area contributed by atoms with Crippen LogP contribution < -0.4 is 5.32 Å². The van der Waals surface area contributed by atoms with Gasteiger partial charge in [0.25, 0.3) is 0 Å². The fourth-order valence-corrected chi connectivity index (χ4v) is 4.62. The molecule has 0 bridgehead atoms. The van der Waals surface area contributed by atoms with Gasteiger partial charge in [0.2, 0.25) is 5.91 Å². The van der Waals surface area contributed by atoms with E-state index in [0.717, 1.165) is 6.07 Å². The molecule has 0 radical (unpaired) electrons. The molecule has 0 saturated heterocycles. The average Bonchev–Trinajstić information content (AvgIpc) is 2.17. The highest BCUT2D eigenvalue weighted by molar-refractivity contribution is 7.94. The van der Waals surface area contributed by atoms with Crippen LogP contribution in [0.1, 0.15) is 19.3 Å². The van der Waals surface area contributed by atoms with Crippen LogP contribution in [-0.4, -0.2) is 19.1 Å². The third-order valence-corrected chi connectivity index (χ3v) is 6.13. The molecule has 90 valence electrons. The van der Waals surface area contributed by atoms with Gasteiger partial charge in [0, 0.05) is 0 Å². The van der Waals surface area contributed by atoms with Gasteiger partial charge in [-0.15, -0.1) is 0 Å². The Bertz CT molecular complexity index is 620. The van der Waals surface area contributed by atoms with Crippen molar-refractivity contribution in [1.82, 2.24) is 0 Å². The summed E-state index contributed by atoms with van der Waals surface area (Å²) < 4.78 is 36.8. The van der Waals surface area contributed by atoms with Gasteiger partial charge in [-0.3, -0.25) is 4.79 Å². The average molecular weight is 255 g/mol. The number of carbonyl (C=O) groups excluding carboxylic acids is 1. The Morgan fingerprint density at radius 1 is 1.29 bits per heavy atom. The Morgan fingerprint density at radius 2 is 2.00 bits per heavy atom. The van der Waals surface area contributed by atoms with Gasteiger partial charge < -0.3 is 5.32 Å². The number of halogens is 1. The van der Waals surface area contributed by atoms with Crippen molar-refractivity contribution in [2.24, 2.45) is 0 Å². The van der Waals surface area contributed by atoms with Crippen molar-refractivity contribution < 1.29 is 17.6 Å². The largest absolute Gasteiger partial charge is 0.321 e. The lowest BCUT2D eigenvalue weighted by Crippen LogP contribution is -2.57. The smallest absolute Gasteiger partial charge is 0.246 e. The van der Waals surface area contributed by atoms with E-state index in [-0.39, 0.29) is 10.6 Å². The summed E-state index contributed by atoms with van der Waals surface area (Å²) in [5, 5.41) is 2.38. The number of nitrogens with one attached hydrogen (secondary N) is 1. The number of anilines is 1. The second-order valence-corrected chi connectivity index (χ2v) is 6.65. The molecule has 17 heavy (non-hydrogen) atoms. The van der Waals surface area contributed by atoms with Gasteiger partial charge in [0.15, 0.2) is 14.6 Å². The Morgan fingerprint density at radius 3 is 2.59 bits per heavy atom. The summed E-state index contributed by atoms with van der Waals surface area (Å²) >= 11 is 0. The van der Waals surface area contributed by atoms with Crippen LogP contribution in [0.15, 0.2) is 23.1 Å². The summed E-state index contributed by atoms with van der Waals surface area (Å²) in [6.45, 7) is 0. The van der Waals surface area contributed by atoms with Gasteiger partial charge in [-0.1, -0.05) is 6.07 Å². The lowest BCUT2D eigenvalue weighted by atomic mass is 9.83. The van der Waals surface area contributed by atoms with Crippen molar-refractivity contribution in [2.45, 2.75) is 28.9 Å². The molecule has 2 aliphatic rings. The lowest BCUT2D eigenvalue weighted by molar-refractivity contribution is -0.120. The normalized spacial score (nSPS) is 23.7. The number of benzene rings is 1. The number of hydrogen-bond donors (Lipinski definition) is 1. The van der Waals surface area contributed by atoms with E-state index >= 15 is 0 Å². The highest BCUT2D eigenvalue weighted by Gasteiger charge is 2.58. The molecular formula is C11H10FNO3S. The van der Waals surface area contributed by atoms with Crippen LogP contribution >= 0.6 is 0 Å². The molecule has 1 fully saturated rings. The molecule has 1 N–H and O–H groups in total. The molecule has 3 rings (SSSR count). The van der Waals surface area contributed by atoms with Crippen LogP contribution in [0.2, 0.25) is 0 Å². The first-order valence-corrected chi connectivity index (χ1v) is 6.82. The summed E-state index contributed by atoms with van der Waals surface area (Å²) in [5.74, 6) is -1.31. The first-order chi connectivity index (χ1) is 7.99. The van der Waals surface area contributed by atoms with Crippen LogP contribution in [0.3, 0.4) is 0 Å². The van der Waals surface area contributed by atoms with E-state index in [1.54, 1.807) is 0 Å². The Hall–Kier alpha value is -1.43. The number of amides is 1. The van der Waals surface area contributed by atoms with Gasteiger partial charge in [0.05, 0.1) is 10.6 Å². The van der Waals surface area contributed by atoms with Crippen LogP contribution in [0.5, 0.6) is 0 Å². The molecule has 0 aromatic heterocycles. The molecule has 1 amide bonds. The maximum atomic E-state index is 13.5. The molecule has 0 unspecified atom stereocenters. The monoisotopic (exact) mass is 255 g/mol. The second-order valence-electron chi connectivity index (χ2n) is 4.42. The first-order valence-electron chi connectivity index (χ1n) is 5.34. The van der Waals surface area contributed by atoms with Crippen molar-refractivity contribution in [3.8, 4) is 0 Å². The minimum absolute atomic E-state index is 0.100. The standard InChI is InChI=1S/C11H10FNO3S/c12-7-3-1-4-8-9(7)13-10(14)11(5-2-6-11)17(8,15)16/h1,3-4H,2,5-6H2,(H,13,14). The van der Waals surface area contributed by atoms with E-state index in [1.807, 2.05) is 0 Å². The van der Waals surface area contributed by atoms with E-state index in [9.17, 15) is 17.6 Å². The van der Waals surface area contributed by atoms with Crippen LogP contribution in [-0.2, 0) is 14.6 Å². The zero-order chi connectivity index (χ0) is 12.3. The quantitative estimate of drug-likeness (QED) is 0.763. The van der Waals surface area contributed by atoms with Crippen LogP contribution in [0, 0.1) is 5.82 Å². The minimum Gasteiger partial charge on any atom is -0.321 e. The zero-order valence-electron chi connectivity index (χ0n) is 8.86. The summed E-state index contributed by atoms with van der Waals surface area (Å²) in [6, 6.07) is 3.82. The first kappa shape index (κ1) is 10.7. The summed E-state index contributed by atoms with van der Waals surface area (Å²) in [6.07, 6.45) is 1.34. The fourth-order valence-electron chi connectivity index (χ4n) is 2.40. The van der Waals surface area contributed by atoms with Crippen molar-refractivity contribution in [2.75, 3.05) is 5.32 Å². The molecular weight excluding hydrogens is 245 g/mol. The maximum absolute atomic E-state index is 13.5.